The Bertz CT molecular complexity index is 477. The molecule has 0 aliphatic heterocycles. The number of halogens is 1. The molecule has 0 aliphatic rings. The van der Waals surface area contributed by atoms with Crippen molar-refractivity contribution in [1.29, 1.82) is 0 Å². The van der Waals surface area contributed by atoms with Crippen LogP contribution in [0.5, 0.6) is 5.75 Å². The van der Waals surface area contributed by atoms with Crippen molar-refractivity contribution in [3.8, 4) is 5.75 Å². The van der Waals surface area contributed by atoms with Crippen molar-refractivity contribution in [2.75, 3.05) is 7.11 Å². The summed E-state index contributed by atoms with van der Waals surface area (Å²) in [7, 11) is 1.48. The predicted octanol–water partition coefficient (Wildman–Crippen LogP) is 1.32. The number of nitrogens with zero attached hydrogens (tertiary/aromatic N) is 1. The molecule has 0 aliphatic carbocycles. The third-order valence-corrected chi connectivity index (χ3v) is 2.81. The maximum Gasteiger partial charge on any atom is 0.255 e. The highest BCUT2D eigenvalue weighted by Gasteiger charge is 2.16. The van der Waals surface area contributed by atoms with Gasteiger partial charge in [0, 0.05) is 4.47 Å². The van der Waals surface area contributed by atoms with Gasteiger partial charge in [-0.05, 0) is 25.1 Å². The van der Waals surface area contributed by atoms with E-state index in [-0.39, 0.29) is 11.7 Å². The minimum atomic E-state index is -0.573. The Balaban J connectivity index is 2.91. The third-order valence-electron chi connectivity index (χ3n) is 2.31. The summed E-state index contributed by atoms with van der Waals surface area (Å²) in [5.41, 5.74) is 5.76. The number of benzene rings is 1. The zero-order valence-corrected chi connectivity index (χ0v) is 11.6. The maximum absolute atomic E-state index is 12.0. The molecule has 0 spiro atoms. The number of methoxy groups -OCH3 is 1. The van der Waals surface area contributed by atoms with Gasteiger partial charge in [0.2, 0.25) is 0 Å². The van der Waals surface area contributed by atoms with Crippen LogP contribution in [0.15, 0.2) is 27.8 Å². The van der Waals surface area contributed by atoms with Crippen molar-refractivity contribution >= 4 is 27.7 Å². The average molecular weight is 316 g/mol. The van der Waals surface area contributed by atoms with Gasteiger partial charge in [-0.25, -0.2) is 0 Å². The number of ether oxygens (including phenoxy) is 1. The Labute approximate surface area is 113 Å². The number of amidine groups is 1. The van der Waals surface area contributed by atoms with E-state index in [1.807, 2.05) is 0 Å². The van der Waals surface area contributed by atoms with Crippen LogP contribution in [-0.4, -0.2) is 30.1 Å². The Morgan fingerprint density at radius 1 is 1.61 bits per heavy atom. The van der Waals surface area contributed by atoms with E-state index in [2.05, 4.69) is 26.4 Å². The molecule has 6 nitrogen and oxygen atoms in total. The van der Waals surface area contributed by atoms with Gasteiger partial charge in [0.1, 0.15) is 5.75 Å². The molecule has 1 rings (SSSR count). The molecule has 0 radical (unpaired) electrons. The van der Waals surface area contributed by atoms with E-state index < -0.39 is 6.04 Å². The van der Waals surface area contributed by atoms with Gasteiger partial charge in [0.25, 0.3) is 5.91 Å². The van der Waals surface area contributed by atoms with Crippen molar-refractivity contribution in [1.82, 2.24) is 5.32 Å². The third kappa shape index (κ3) is 3.36. The lowest BCUT2D eigenvalue weighted by Crippen LogP contribution is -2.42. The molecule has 0 bridgehead atoms. The van der Waals surface area contributed by atoms with Crippen molar-refractivity contribution in [3.05, 3.63) is 28.2 Å². The number of amides is 1. The van der Waals surface area contributed by atoms with Gasteiger partial charge in [0.15, 0.2) is 5.84 Å². The molecule has 7 heteroatoms. The summed E-state index contributed by atoms with van der Waals surface area (Å²) in [5, 5.41) is 13.9. The van der Waals surface area contributed by atoms with Gasteiger partial charge in [-0.15, -0.1) is 0 Å². The number of nitrogens with two attached hydrogens (primary N) is 1. The molecule has 0 saturated heterocycles. The molecule has 0 aromatic heterocycles. The van der Waals surface area contributed by atoms with Crippen LogP contribution in [0.1, 0.15) is 17.3 Å². The van der Waals surface area contributed by atoms with E-state index in [1.54, 1.807) is 25.1 Å². The highest BCUT2D eigenvalue weighted by molar-refractivity contribution is 9.10. The number of oxime groups is 1. The average Bonchev–Trinajstić information content (AvgIpc) is 2.37. The van der Waals surface area contributed by atoms with Crippen LogP contribution in [0.25, 0.3) is 0 Å². The molecule has 1 aromatic rings. The Hall–Kier alpha value is -1.76. The largest absolute Gasteiger partial charge is 0.496 e. The van der Waals surface area contributed by atoms with Crippen LogP contribution >= 0.6 is 15.9 Å². The summed E-state index contributed by atoms with van der Waals surface area (Å²) in [6.07, 6.45) is 0. The Morgan fingerprint density at radius 3 is 2.83 bits per heavy atom. The molecule has 1 aromatic carbocycles. The van der Waals surface area contributed by atoms with Crippen LogP contribution in [0.2, 0.25) is 0 Å². The highest BCUT2D eigenvalue weighted by Crippen LogP contribution is 2.23. The summed E-state index contributed by atoms with van der Waals surface area (Å²) < 4.78 is 5.92. The number of nitrogens with one attached hydrogen (secondary N) is 1. The standard InChI is InChI=1S/C11H14BrN3O3/c1-6(10(13)15-17)14-11(16)8-4-3-7(12)5-9(8)18-2/h3-6,17H,1-2H3,(H2,13,15)(H,14,16). The fourth-order valence-electron chi connectivity index (χ4n) is 1.29. The number of hydrogen-bond donors (Lipinski definition) is 3. The normalized spacial score (nSPS) is 12.9. The molecule has 98 valence electrons. The Morgan fingerprint density at radius 2 is 2.28 bits per heavy atom. The second kappa shape index (κ2) is 6.25. The van der Waals surface area contributed by atoms with Gasteiger partial charge in [-0.3, -0.25) is 4.79 Å². The van der Waals surface area contributed by atoms with Crippen LogP contribution in [0.4, 0.5) is 0 Å². The zero-order chi connectivity index (χ0) is 13.7. The number of hydrogen-bond acceptors (Lipinski definition) is 4. The van der Waals surface area contributed by atoms with Gasteiger partial charge in [-0.2, -0.15) is 0 Å². The molecule has 1 unspecified atom stereocenters. The SMILES string of the molecule is COc1cc(Br)ccc1C(=O)NC(C)/C(N)=N/O. The van der Waals surface area contributed by atoms with Gasteiger partial charge in [0.05, 0.1) is 18.7 Å². The fourth-order valence-corrected chi connectivity index (χ4v) is 1.63. The van der Waals surface area contributed by atoms with Crippen LogP contribution in [0.3, 0.4) is 0 Å². The summed E-state index contributed by atoms with van der Waals surface area (Å²) in [6.45, 7) is 1.61. The first-order valence-corrected chi connectivity index (χ1v) is 5.90. The number of carbonyl (C=O) groups excluding carboxylic acids is 1. The zero-order valence-electron chi connectivity index (χ0n) is 9.98. The molecule has 0 saturated carbocycles. The molecule has 0 heterocycles. The second-order valence-corrected chi connectivity index (χ2v) is 4.48. The van der Waals surface area contributed by atoms with Crippen molar-refractivity contribution in [3.63, 3.8) is 0 Å². The quantitative estimate of drug-likeness (QED) is 0.338. The summed E-state index contributed by atoms with van der Waals surface area (Å²) in [4.78, 5) is 12.0. The Kier molecular flexibility index (Phi) is 4.96. The number of rotatable bonds is 4. The van der Waals surface area contributed by atoms with E-state index in [9.17, 15) is 4.79 Å². The molecule has 4 N–H and O–H groups in total. The molecule has 1 atom stereocenters. The van der Waals surface area contributed by atoms with Crippen LogP contribution < -0.4 is 15.8 Å². The van der Waals surface area contributed by atoms with E-state index >= 15 is 0 Å². The molecule has 1 amide bonds. The summed E-state index contributed by atoms with van der Waals surface area (Å²) in [6, 6.07) is 4.46. The molecule has 0 fully saturated rings. The minimum absolute atomic E-state index is 0.0700. The molecular formula is C11H14BrN3O3. The number of carbonyl (C=O) groups is 1. The lowest BCUT2D eigenvalue weighted by atomic mass is 10.1. The minimum Gasteiger partial charge on any atom is -0.496 e. The summed E-state index contributed by atoms with van der Waals surface area (Å²) >= 11 is 3.29. The lowest BCUT2D eigenvalue weighted by Gasteiger charge is -2.14. The topological polar surface area (TPSA) is 96.9 Å². The van der Waals surface area contributed by atoms with Crippen molar-refractivity contribution < 1.29 is 14.7 Å². The van der Waals surface area contributed by atoms with E-state index in [1.165, 1.54) is 7.11 Å². The highest BCUT2D eigenvalue weighted by atomic mass is 79.9. The van der Waals surface area contributed by atoms with Crippen LogP contribution in [-0.2, 0) is 0 Å². The van der Waals surface area contributed by atoms with Gasteiger partial charge >= 0.3 is 0 Å². The first-order chi connectivity index (χ1) is 8.49. The second-order valence-electron chi connectivity index (χ2n) is 3.56. The van der Waals surface area contributed by atoms with Crippen molar-refractivity contribution in [2.45, 2.75) is 13.0 Å². The van der Waals surface area contributed by atoms with E-state index in [0.29, 0.717) is 11.3 Å². The first kappa shape index (κ1) is 14.3. The summed E-state index contributed by atoms with van der Waals surface area (Å²) in [5.74, 6) is 0.00598. The van der Waals surface area contributed by atoms with E-state index in [0.717, 1.165) is 4.47 Å². The molecule has 18 heavy (non-hydrogen) atoms. The fraction of sp³-hybridized carbons (Fsp3) is 0.273. The first-order valence-electron chi connectivity index (χ1n) is 5.11. The monoisotopic (exact) mass is 315 g/mol. The van der Waals surface area contributed by atoms with E-state index in [4.69, 9.17) is 15.7 Å². The molecular weight excluding hydrogens is 302 g/mol. The maximum atomic E-state index is 12.0. The van der Waals surface area contributed by atoms with Crippen molar-refractivity contribution in [2.24, 2.45) is 10.9 Å². The lowest BCUT2D eigenvalue weighted by molar-refractivity contribution is 0.0945. The van der Waals surface area contributed by atoms with Crippen LogP contribution in [0, 0.1) is 0 Å². The smallest absolute Gasteiger partial charge is 0.255 e. The van der Waals surface area contributed by atoms with Gasteiger partial charge in [-0.1, -0.05) is 21.1 Å². The predicted molar refractivity (Wildman–Crippen MR) is 71.0 cm³/mol. The van der Waals surface area contributed by atoms with Gasteiger partial charge < -0.3 is 21.0 Å².